The van der Waals surface area contributed by atoms with Crippen LogP contribution in [0.3, 0.4) is 0 Å². The van der Waals surface area contributed by atoms with Crippen LogP contribution in [0.1, 0.15) is 17.9 Å². The third-order valence-corrected chi connectivity index (χ3v) is 2.17. The van der Waals surface area contributed by atoms with Gasteiger partial charge in [0.05, 0.1) is 13.0 Å². The smallest absolute Gasteiger partial charge is 0.225 e. The number of ether oxygens (including phenoxy) is 1. The molecule has 0 aliphatic carbocycles. The van der Waals surface area contributed by atoms with E-state index >= 15 is 0 Å². The van der Waals surface area contributed by atoms with Crippen LogP contribution in [-0.2, 0) is 9.59 Å². The molecule has 0 spiro atoms. The molecule has 0 saturated carbocycles. The van der Waals surface area contributed by atoms with Crippen molar-refractivity contribution in [2.24, 2.45) is 5.73 Å². The molecule has 0 aliphatic rings. The highest BCUT2D eigenvalue weighted by Crippen LogP contribution is 2.22. The average Bonchev–Trinajstić information content (AvgIpc) is 2.25. The molecule has 1 aromatic carbocycles. The molecule has 1 unspecified atom stereocenters. The number of hydrogen-bond donors (Lipinski definition) is 1. The predicted octanol–water partition coefficient (Wildman–Crippen LogP) is 0.853. The number of primary amides is 1. The molecular weight excluding hydrogens is 194 g/mol. The molecule has 2 N–H and O–H groups in total. The first-order valence-corrected chi connectivity index (χ1v) is 4.56. The number of aldehydes is 1. The van der Waals surface area contributed by atoms with E-state index in [9.17, 15) is 9.59 Å². The second kappa shape index (κ2) is 5.14. The minimum atomic E-state index is -0.572. The summed E-state index contributed by atoms with van der Waals surface area (Å²) < 4.78 is 5.02. The van der Waals surface area contributed by atoms with Crippen molar-refractivity contribution in [1.29, 1.82) is 0 Å². The van der Waals surface area contributed by atoms with Crippen LogP contribution in [0.5, 0.6) is 5.75 Å². The lowest BCUT2D eigenvalue weighted by molar-refractivity contribution is -0.121. The number of methoxy groups -OCH3 is 1. The van der Waals surface area contributed by atoms with Gasteiger partial charge in [-0.05, 0) is 17.7 Å². The van der Waals surface area contributed by atoms with Crippen molar-refractivity contribution >= 4 is 12.2 Å². The first-order chi connectivity index (χ1) is 7.19. The monoisotopic (exact) mass is 207 g/mol. The topological polar surface area (TPSA) is 69.4 Å². The van der Waals surface area contributed by atoms with Crippen LogP contribution in [0.4, 0.5) is 0 Å². The van der Waals surface area contributed by atoms with Gasteiger partial charge in [0, 0.05) is 6.42 Å². The molecule has 1 rings (SSSR count). The summed E-state index contributed by atoms with van der Waals surface area (Å²) >= 11 is 0. The van der Waals surface area contributed by atoms with E-state index in [1.165, 1.54) is 7.11 Å². The summed E-state index contributed by atoms with van der Waals surface area (Å²) in [5.41, 5.74) is 5.91. The number of nitrogens with two attached hydrogens (primary N) is 1. The van der Waals surface area contributed by atoms with Crippen LogP contribution in [0.2, 0.25) is 0 Å². The number of benzene rings is 1. The summed E-state index contributed by atoms with van der Waals surface area (Å²) in [6, 6.07) is 6.98. The van der Waals surface area contributed by atoms with Crippen molar-refractivity contribution in [2.75, 3.05) is 7.11 Å². The first kappa shape index (κ1) is 11.2. The van der Waals surface area contributed by atoms with Crippen LogP contribution in [0, 0.1) is 0 Å². The molecule has 4 nitrogen and oxygen atoms in total. The Hall–Kier alpha value is -1.84. The lowest BCUT2D eigenvalue weighted by Crippen LogP contribution is -2.21. The minimum absolute atomic E-state index is 0.0997. The average molecular weight is 207 g/mol. The van der Waals surface area contributed by atoms with Gasteiger partial charge in [-0.25, -0.2) is 0 Å². The molecule has 1 amide bonds. The lowest BCUT2D eigenvalue weighted by Gasteiger charge is -2.11. The maximum Gasteiger partial charge on any atom is 0.225 e. The quantitative estimate of drug-likeness (QED) is 0.728. The Morgan fingerprint density at radius 1 is 1.60 bits per heavy atom. The number of hydrogen-bond acceptors (Lipinski definition) is 3. The van der Waals surface area contributed by atoms with E-state index in [0.29, 0.717) is 17.6 Å². The SMILES string of the molecule is COc1cccc(C(CC=O)C(N)=O)c1. The van der Waals surface area contributed by atoms with Gasteiger partial charge in [0.25, 0.3) is 0 Å². The second-order valence-corrected chi connectivity index (χ2v) is 3.13. The van der Waals surface area contributed by atoms with Crippen molar-refractivity contribution in [3.63, 3.8) is 0 Å². The Morgan fingerprint density at radius 3 is 2.87 bits per heavy atom. The highest BCUT2D eigenvalue weighted by atomic mass is 16.5. The molecule has 0 radical (unpaired) electrons. The van der Waals surface area contributed by atoms with E-state index in [0.717, 1.165) is 0 Å². The van der Waals surface area contributed by atoms with E-state index in [2.05, 4.69) is 0 Å². The summed E-state index contributed by atoms with van der Waals surface area (Å²) in [5, 5.41) is 0. The molecule has 15 heavy (non-hydrogen) atoms. The zero-order valence-corrected chi connectivity index (χ0v) is 8.47. The predicted molar refractivity (Wildman–Crippen MR) is 55.6 cm³/mol. The van der Waals surface area contributed by atoms with Crippen LogP contribution in [0.15, 0.2) is 24.3 Å². The lowest BCUT2D eigenvalue weighted by atomic mass is 9.95. The zero-order chi connectivity index (χ0) is 11.3. The molecule has 0 heterocycles. The van der Waals surface area contributed by atoms with Crippen LogP contribution in [0.25, 0.3) is 0 Å². The first-order valence-electron chi connectivity index (χ1n) is 4.56. The number of amides is 1. The fourth-order valence-electron chi connectivity index (χ4n) is 1.37. The Morgan fingerprint density at radius 2 is 2.33 bits per heavy atom. The van der Waals surface area contributed by atoms with Gasteiger partial charge in [0.1, 0.15) is 12.0 Å². The summed E-state index contributed by atoms with van der Waals surface area (Å²) in [7, 11) is 1.54. The standard InChI is InChI=1S/C11H13NO3/c1-15-9-4-2-3-8(7-9)10(5-6-13)11(12)14/h2-4,6-7,10H,5H2,1H3,(H2,12,14). The molecule has 1 atom stereocenters. The van der Waals surface area contributed by atoms with Crippen molar-refractivity contribution in [1.82, 2.24) is 0 Å². The number of carbonyl (C=O) groups is 2. The third kappa shape index (κ3) is 2.80. The molecule has 0 saturated heterocycles. The highest BCUT2D eigenvalue weighted by Gasteiger charge is 2.17. The van der Waals surface area contributed by atoms with Crippen molar-refractivity contribution in [3.05, 3.63) is 29.8 Å². The van der Waals surface area contributed by atoms with Gasteiger partial charge < -0.3 is 15.3 Å². The fourth-order valence-corrected chi connectivity index (χ4v) is 1.37. The molecule has 80 valence electrons. The third-order valence-electron chi connectivity index (χ3n) is 2.17. The van der Waals surface area contributed by atoms with E-state index in [-0.39, 0.29) is 6.42 Å². The zero-order valence-electron chi connectivity index (χ0n) is 8.47. The number of carbonyl (C=O) groups excluding carboxylic acids is 2. The summed E-state index contributed by atoms with van der Waals surface area (Å²) in [6.07, 6.45) is 0.789. The van der Waals surface area contributed by atoms with Crippen molar-refractivity contribution in [2.45, 2.75) is 12.3 Å². The van der Waals surface area contributed by atoms with Gasteiger partial charge in [-0.2, -0.15) is 0 Å². The largest absolute Gasteiger partial charge is 0.497 e. The Bertz CT molecular complexity index is 363. The molecule has 0 bridgehead atoms. The maximum absolute atomic E-state index is 11.1. The van der Waals surface area contributed by atoms with E-state index < -0.39 is 11.8 Å². The molecule has 4 heteroatoms. The van der Waals surface area contributed by atoms with Gasteiger partial charge >= 0.3 is 0 Å². The minimum Gasteiger partial charge on any atom is -0.497 e. The number of rotatable bonds is 5. The maximum atomic E-state index is 11.1. The van der Waals surface area contributed by atoms with Crippen LogP contribution >= 0.6 is 0 Å². The molecule has 0 aromatic heterocycles. The van der Waals surface area contributed by atoms with Gasteiger partial charge in [-0.15, -0.1) is 0 Å². The van der Waals surface area contributed by atoms with Crippen molar-refractivity contribution < 1.29 is 14.3 Å². The Balaban J connectivity index is 2.99. The Kier molecular flexibility index (Phi) is 3.85. The molecular formula is C11H13NO3. The van der Waals surface area contributed by atoms with E-state index in [1.807, 2.05) is 0 Å². The summed E-state index contributed by atoms with van der Waals surface area (Å²) in [6.45, 7) is 0. The highest BCUT2D eigenvalue weighted by molar-refractivity contribution is 5.84. The van der Waals surface area contributed by atoms with Crippen LogP contribution in [-0.4, -0.2) is 19.3 Å². The molecule has 0 aliphatic heterocycles. The van der Waals surface area contributed by atoms with Gasteiger partial charge in [-0.1, -0.05) is 12.1 Å². The van der Waals surface area contributed by atoms with Crippen LogP contribution < -0.4 is 10.5 Å². The second-order valence-electron chi connectivity index (χ2n) is 3.13. The van der Waals surface area contributed by atoms with E-state index in [4.69, 9.17) is 10.5 Å². The van der Waals surface area contributed by atoms with Crippen molar-refractivity contribution in [3.8, 4) is 5.75 Å². The summed E-state index contributed by atoms with van der Waals surface area (Å²) in [4.78, 5) is 21.5. The van der Waals surface area contributed by atoms with E-state index in [1.54, 1.807) is 24.3 Å². The van der Waals surface area contributed by atoms with Gasteiger partial charge in [0.15, 0.2) is 0 Å². The fraction of sp³-hybridized carbons (Fsp3) is 0.273. The molecule has 0 fully saturated rings. The Labute approximate surface area is 88.0 Å². The molecule has 1 aromatic rings. The normalized spacial score (nSPS) is 11.8. The summed E-state index contributed by atoms with van der Waals surface area (Å²) in [5.74, 6) is -0.433. The van der Waals surface area contributed by atoms with Gasteiger partial charge in [0.2, 0.25) is 5.91 Å². The van der Waals surface area contributed by atoms with Gasteiger partial charge in [-0.3, -0.25) is 4.79 Å².